The van der Waals surface area contributed by atoms with Crippen molar-refractivity contribution in [3.8, 4) is 0 Å². The minimum atomic E-state index is -0.270. The van der Waals surface area contributed by atoms with Crippen LogP contribution in [-0.2, 0) is 17.8 Å². The van der Waals surface area contributed by atoms with E-state index in [1.807, 2.05) is 19.1 Å². The summed E-state index contributed by atoms with van der Waals surface area (Å²) < 4.78 is 1.21. The normalized spacial score (nSPS) is 10.8. The summed E-state index contributed by atoms with van der Waals surface area (Å²) in [4.78, 5) is 25.8. The summed E-state index contributed by atoms with van der Waals surface area (Å²) in [5, 5.41) is 14.5. The number of rotatable bonds is 5. The van der Waals surface area contributed by atoms with Crippen LogP contribution in [0.3, 0.4) is 0 Å². The molecule has 0 radical (unpaired) electrons. The van der Waals surface area contributed by atoms with E-state index in [1.54, 1.807) is 19.2 Å². The molecule has 112 valence electrons. The molecule has 1 aromatic heterocycles. The number of hydrogen-bond acceptors (Lipinski definition) is 4. The fraction of sp³-hybridized carbons (Fsp3) is 0.400. The average Bonchev–Trinajstić information content (AvgIpc) is 2.50. The van der Waals surface area contributed by atoms with Crippen molar-refractivity contribution < 1.29 is 9.90 Å². The number of fused-ring (bicyclic) bond motifs is 1. The molecular formula is C15H19N3O3. The van der Waals surface area contributed by atoms with Crippen LogP contribution in [0.25, 0.3) is 10.8 Å². The highest BCUT2D eigenvalue weighted by Gasteiger charge is 2.14. The second kappa shape index (κ2) is 6.49. The molecule has 0 aliphatic carbocycles. The second-order valence-electron chi connectivity index (χ2n) is 4.85. The lowest BCUT2D eigenvalue weighted by Gasteiger charge is -2.16. The van der Waals surface area contributed by atoms with Gasteiger partial charge in [-0.15, -0.1) is 0 Å². The lowest BCUT2D eigenvalue weighted by molar-refractivity contribution is -0.131. The Balaban J connectivity index is 2.43. The minimum Gasteiger partial charge on any atom is -0.395 e. The summed E-state index contributed by atoms with van der Waals surface area (Å²) in [6.07, 6.45) is 0.682. The first-order valence-corrected chi connectivity index (χ1v) is 6.92. The molecule has 2 aromatic rings. The summed E-state index contributed by atoms with van der Waals surface area (Å²) in [6.45, 7) is 1.97. The number of hydrogen-bond donors (Lipinski definition) is 1. The number of benzene rings is 1. The van der Waals surface area contributed by atoms with Gasteiger partial charge in [0.05, 0.1) is 17.7 Å². The van der Waals surface area contributed by atoms with Gasteiger partial charge in [-0.1, -0.05) is 25.1 Å². The number of aryl methyl sites for hydroxylation is 1. The van der Waals surface area contributed by atoms with E-state index in [0.717, 1.165) is 11.1 Å². The molecular weight excluding hydrogens is 270 g/mol. The number of likely N-dealkylation sites (N-methyl/N-ethyl adjacent to an activating group) is 1. The summed E-state index contributed by atoms with van der Waals surface area (Å²) in [7, 11) is 1.59. The SMILES string of the molecule is CCc1nn(CC(=O)N(C)CCO)c(=O)c2ccccc12. The predicted octanol–water partition coefficient (Wildman–Crippen LogP) is 0.410. The van der Waals surface area contributed by atoms with Gasteiger partial charge in [-0.2, -0.15) is 5.10 Å². The average molecular weight is 289 g/mol. The summed E-state index contributed by atoms with van der Waals surface area (Å²) in [6, 6.07) is 7.28. The van der Waals surface area contributed by atoms with Crippen molar-refractivity contribution in [1.29, 1.82) is 0 Å². The molecule has 21 heavy (non-hydrogen) atoms. The van der Waals surface area contributed by atoms with Gasteiger partial charge in [-0.05, 0) is 12.5 Å². The van der Waals surface area contributed by atoms with Crippen molar-refractivity contribution >= 4 is 16.7 Å². The molecule has 0 atom stereocenters. The highest BCUT2D eigenvalue weighted by atomic mass is 16.3. The molecule has 0 unspecified atom stereocenters. The molecule has 1 amide bonds. The lowest BCUT2D eigenvalue weighted by Crippen LogP contribution is -2.36. The molecule has 0 aliphatic rings. The number of carbonyl (C=O) groups excluding carboxylic acids is 1. The molecule has 1 heterocycles. The van der Waals surface area contributed by atoms with Gasteiger partial charge < -0.3 is 10.0 Å². The highest BCUT2D eigenvalue weighted by molar-refractivity contribution is 5.84. The van der Waals surface area contributed by atoms with Crippen molar-refractivity contribution in [2.45, 2.75) is 19.9 Å². The number of carbonyl (C=O) groups is 1. The van der Waals surface area contributed by atoms with Crippen molar-refractivity contribution in [2.24, 2.45) is 0 Å². The van der Waals surface area contributed by atoms with Crippen LogP contribution >= 0.6 is 0 Å². The van der Waals surface area contributed by atoms with Crippen LogP contribution in [0.1, 0.15) is 12.6 Å². The van der Waals surface area contributed by atoms with E-state index in [0.29, 0.717) is 11.8 Å². The Morgan fingerprint density at radius 3 is 2.62 bits per heavy atom. The Bertz CT molecular complexity index is 709. The van der Waals surface area contributed by atoms with Gasteiger partial charge in [0, 0.05) is 19.0 Å². The summed E-state index contributed by atoms with van der Waals surface area (Å²) in [5.74, 6) is -0.254. The number of amides is 1. The largest absolute Gasteiger partial charge is 0.395 e. The van der Waals surface area contributed by atoms with Crippen molar-refractivity contribution in [3.05, 3.63) is 40.3 Å². The number of aliphatic hydroxyl groups excluding tert-OH is 1. The van der Waals surface area contributed by atoms with Crippen LogP contribution in [0.5, 0.6) is 0 Å². The fourth-order valence-electron chi connectivity index (χ4n) is 2.20. The maximum absolute atomic E-state index is 12.4. The monoisotopic (exact) mass is 289 g/mol. The van der Waals surface area contributed by atoms with Crippen molar-refractivity contribution in [2.75, 3.05) is 20.2 Å². The number of aliphatic hydroxyl groups is 1. The van der Waals surface area contributed by atoms with Crippen molar-refractivity contribution in [3.63, 3.8) is 0 Å². The van der Waals surface area contributed by atoms with Gasteiger partial charge in [-0.3, -0.25) is 9.59 Å². The first kappa shape index (κ1) is 15.2. The molecule has 1 aromatic carbocycles. The van der Waals surface area contributed by atoms with E-state index >= 15 is 0 Å². The Labute approximate surface area is 122 Å². The Kier molecular flexibility index (Phi) is 4.70. The molecule has 1 N–H and O–H groups in total. The standard InChI is InChI=1S/C15H19N3O3/c1-3-13-11-6-4-5-7-12(11)15(21)18(16-13)10-14(20)17(2)8-9-19/h4-7,19H,3,8-10H2,1-2H3. The van der Waals surface area contributed by atoms with Gasteiger partial charge in [0.25, 0.3) is 5.56 Å². The van der Waals surface area contributed by atoms with Crippen LogP contribution in [0.2, 0.25) is 0 Å². The summed E-state index contributed by atoms with van der Waals surface area (Å²) >= 11 is 0. The molecule has 0 aliphatic heterocycles. The van der Waals surface area contributed by atoms with E-state index in [-0.39, 0.29) is 31.2 Å². The Morgan fingerprint density at radius 2 is 2.00 bits per heavy atom. The van der Waals surface area contributed by atoms with E-state index in [9.17, 15) is 9.59 Å². The van der Waals surface area contributed by atoms with E-state index < -0.39 is 0 Å². The van der Waals surface area contributed by atoms with E-state index in [4.69, 9.17) is 5.11 Å². The van der Waals surface area contributed by atoms with Crippen LogP contribution in [0.4, 0.5) is 0 Å². The van der Waals surface area contributed by atoms with E-state index in [2.05, 4.69) is 5.10 Å². The third-order valence-electron chi connectivity index (χ3n) is 3.43. The van der Waals surface area contributed by atoms with Crippen LogP contribution < -0.4 is 5.56 Å². The quantitative estimate of drug-likeness (QED) is 0.865. The van der Waals surface area contributed by atoms with Crippen LogP contribution in [0, 0.1) is 0 Å². The number of aromatic nitrogens is 2. The Hall–Kier alpha value is -2.21. The minimum absolute atomic E-state index is 0.109. The zero-order valence-corrected chi connectivity index (χ0v) is 12.2. The maximum Gasteiger partial charge on any atom is 0.275 e. The van der Waals surface area contributed by atoms with Gasteiger partial charge in [0.2, 0.25) is 5.91 Å². The van der Waals surface area contributed by atoms with Gasteiger partial charge in [0.1, 0.15) is 6.54 Å². The Morgan fingerprint density at radius 1 is 1.33 bits per heavy atom. The van der Waals surface area contributed by atoms with Crippen molar-refractivity contribution in [1.82, 2.24) is 14.7 Å². The third kappa shape index (κ3) is 3.11. The second-order valence-corrected chi connectivity index (χ2v) is 4.85. The molecule has 0 saturated carbocycles. The smallest absolute Gasteiger partial charge is 0.275 e. The first-order valence-electron chi connectivity index (χ1n) is 6.92. The zero-order chi connectivity index (χ0) is 15.4. The summed E-state index contributed by atoms with van der Waals surface area (Å²) in [5.41, 5.74) is 0.524. The number of nitrogens with zero attached hydrogens (tertiary/aromatic N) is 3. The topological polar surface area (TPSA) is 75.4 Å². The highest BCUT2D eigenvalue weighted by Crippen LogP contribution is 2.13. The molecule has 2 rings (SSSR count). The maximum atomic E-state index is 12.4. The van der Waals surface area contributed by atoms with Gasteiger partial charge >= 0.3 is 0 Å². The first-order chi connectivity index (χ1) is 10.1. The lowest BCUT2D eigenvalue weighted by atomic mass is 10.1. The predicted molar refractivity (Wildman–Crippen MR) is 80.1 cm³/mol. The van der Waals surface area contributed by atoms with Gasteiger partial charge in [0.15, 0.2) is 0 Å². The molecule has 0 spiro atoms. The molecule has 6 heteroatoms. The molecule has 0 bridgehead atoms. The van der Waals surface area contributed by atoms with Crippen LogP contribution in [0.15, 0.2) is 29.1 Å². The van der Waals surface area contributed by atoms with Gasteiger partial charge in [-0.25, -0.2) is 4.68 Å². The van der Waals surface area contributed by atoms with Crippen LogP contribution in [-0.4, -0.2) is 45.9 Å². The molecule has 6 nitrogen and oxygen atoms in total. The molecule has 0 fully saturated rings. The molecule has 0 saturated heterocycles. The zero-order valence-electron chi connectivity index (χ0n) is 12.2. The fourth-order valence-corrected chi connectivity index (χ4v) is 2.20. The van der Waals surface area contributed by atoms with E-state index in [1.165, 1.54) is 9.58 Å². The third-order valence-corrected chi connectivity index (χ3v) is 3.43.